The highest BCUT2D eigenvalue weighted by Gasteiger charge is 2.06. The second-order valence-electron chi connectivity index (χ2n) is 3.57. The van der Waals surface area contributed by atoms with Gasteiger partial charge in [0.15, 0.2) is 0 Å². The van der Waals surface area contributed by atoms with Crippen molar-refractivity contribution in [3.8, 4) is 11.3 Å². The summed E-state index contributed by atoms with van der Waals surface area (Å²) in [5.74, 6) is 1.08. The lowest BCUT2D eigenvalue weighted by molar-refractivity contribution is 0.249. The van der Waals surface area contributed by atoms with Crippen molar-refractivity contribution in [1.29, 1.82) is 0 Å². The summed E-state index contributed by atoms with van der Waals surface area (Å²) in [6.45, 7) is 0. The second kappa shape index (κ2) is 5.77. The smallest absolute Gasteiger partial charge is 0.332 e. The molecule has 1 aromatic heterocycles. The van der Waals surface area contributed by atoms with Gasteiger partial charge in [-0.25, -0.2) is 10.2 Å². The van der Waals surface area contributed by atoms with Crippen LogP contribution < -0.4 is 11.2 Å². The fourth-order valence-corrected chi connectivity index (χ4v) is 1.68. The number of nitrogens with one attached hydrogen (secondary N) is 1. The van der Waals surface area contributed by atoms with Gasteiger partial charge in [0.05, 0.1) is 16.3 Å². The molecular formula is C12H9Cl2N3O2. The topological polar surface area (TPSA) is 80.6 Å². The van der Waals surface area contributed by atoms with Crippen molar-refractivity contribution in [2.24, 2.45) is 10.8 Å². The third kappa shape index (κ3) is 3.49. The van der Waals surface area contributed by atoms with E-state index in [4.69, 9.17) is 33.4 Å². The molecule has 19 heavy (non-hydrogen) atoms. The molecule has 0 unspecified atom stereocenters. The number of nitrogens with zero attached hydrogens (tertiary/aromatic N) is 1. The molecule has 2 rings (SSSR count). The quantitative estimate of drug-likeness (QED) is 0.673. The van der Waals surface area contributed by atoms with Crippen LogP contribution >= 0.6 is 23.2 Å². The molecular weight excluding hydrogens is 289 g/mol. The average molecular weight is 298 g/mol. The molecule has 0 spiro atoms. The van der Waals surface area contributed by atoms with E-state index in [1.807, 2.05) is 0 Å². The Hall–Kier alpha value is -1.98. The van der Waals surface area contributed by atoms with Crippen LogP contribution in [0.2, 0.25) is 10.0 Å². The van der Waals surface area contributed by atoms with Crippen molar-refractivity contribution in [2.45, 2.75) is 0 Å². The van der Waals surface area contributed by atoms with E-state index in [1.165, 1.54) is 6.21 Å². The van der Waals surface area contributed by atoms with Crippen molar-refractivity contribution in [2.75, 3.05) is 0 Å². The summed E-state index contributed by atoms with van der Waals surface area (Å²) in [6, 6.07) is 7.88. The van der Waals surface area contributed by atoms with Crippen LogP contribution in [0.3, 0.4) is 0 Å². The molecule has 0 atom stereocenters. The predicted molar refractivity (Wildman–Crippen MR) is 74.5 cm³/mol. The number of urea groups is 1. The van der Waals surface area contributed by atoms with Crippen LogP contribution in [0.4, 0.5) is 4.79 Å². The number of amides is 2. The molecule has 0 radical (unpaired) electrons. The zero-order valence-corrected chi connectivity index (χ0v) is 11.1. The van der Waals surface area contributed by atoms with Crippen LogP contribution in [0.25, 0.3) is 11.3 Å². The molecule has 0 aliphatic heterocycles. The highest BCUT2D eigenvalue weighted by molar-refractivity contribution is 6.42. The lowest BCUT2D eigenvalue weighted by Crippen LogP contribution is -2.24. The average Bonchev–Trinajstić information content (AvgIpc) is 2.81. The van der Waals surface area contributed by atoms with E-state index in [9.17, 15) is 4.79 Å². The first-order chi connectivity index (χ1) is 9.06. The Morgan fingerprint density at radius 1 is 1.26 bits per heavy atom. The molecule has 0 saturated heterocycles. The Morgan fingerprint density at radius 3 is 2.74 bits per heavy atom. The molecule has 0 aliphatic carbocycles. The zero-order chi connectivity index (χ0) is 13.8. The van der Waals surface area contributed by atoms with Crippen molar-refractivity contribution in [1.82, 2.24) is 5.43 Å². The van der Waals surface area contributed by atoms with Crippen molar-refractivity contribution in [3.05, 3.63) is 46.1 Å². The number of primary amides is 1. The maximum absolute atomic E-state index is 10.4. The number of hydrogen-bond donors (Lipinski definition) is 2. The largest absolute Gasteiger partial charge is 0.455 e. The zero-order valence-electron chi connectivity index (χ0n) is 9.56. The van der Waals surface area contributed by atoms with E-state index in [-0.39, 0.29) is 0 Å². The first-order valence-corrected chi connectivity index (χ1v) is 5.95. The standard InChI is InChI=1S/C12H9Cl2N3O2/c13-9-3-1-7(5-10(9)14)11-4-2-8(19-11)6-16-17-12(15)18/h1-6H,(H3,15,17,18)/b16-6-. The fraction of sp³-hybridized carbons (Fsp3) is 0. The Bertz CT molecular complexity index is 638. The van der Waals surface area contributed by atoms with E-state index in [0.717, 1.165) is 5.56 Å². The summed E-state index contributed by atoms with van der Waals surface area (Å²) < 4.78 is 5.50. The van der Waals surface area contributed by atoms with Gasteiger partial charge in [0.1, 0.15) is 11.5 Å². The molecule has 1 aromatic carbocycles. The Balaban J connectivity index is 2.18. The molecule has 0 aliphatic rings. The SMILES string of the molecule is NC(=O)N/N=C\c1ccc(-c2ccc(Cl)c(Cl)c2)o1. The van der Waals surface area contributed by atoms with Gasteiger partial charge in [-0.05, 0) is 30.3 Å². The third-order valence-corrected chi connectivity index (χ3v) is 2.94. The molecule has 3 N–H and O–H groups in total. The molecule has 2 aromatic rings. The van der Waals surface area contributed by atoms with E-state index < -0.39 is 6.03 Å². The molecule has 0 bridgehead atoms. The number of hydrogen-bond acceptors (Lipinski definition) is 3. The van der Waals surface area contributed by atoms with Crippen LogP contribution in [0.1, 0.15) is 5.76 Å². The predicted octanol–water partition coefficient (Wildman–Crippen LogP) is 3.26. The lowest BCUT2D eigenvalue weighted by Gasteiger charge is -1.99. The number of halogens is 2. The highest BCUT2D eigenvalue weighted by atomic mass is 35.5. The summed E-state index contributed by atoms with van der Waals surface area (Å²) in [5, 5.41) is 4.51. The number of hydrazone groups is 1. The fourth-order valence-electron chi connectivity index (χ4n) is 1.39. The summed E-state index contributed by atoms with van der Waals surface area (Å²) in [6.07, 6.45) is 1.34. The maximum Gasteiger partial charge on any atom is 0.332 e. The van der Waals surface area contributed by atoms with Gasteiger partial charge < -0.3 is 10.2 Å². The summed E-state index contributed by atoms with van der Waals surface area (Å²) in [4.78, 5) is 10.4. The van der Waals surface area contributed by atoms with E-state index in [0.29, 0.717) is 21.6 Å². The molecule has 2 amide bonds. The highest BCUT2D eigenvalue weighted by Crippen LogP contribution is 2.29. The molecule has 98 valence electrons. The van der Waals surface area contributed by atoms with Gasteiger partial charge in [-0.1, -0.05) is 23.2 Å². The summed E-state index contributed by atoms with van der Waals surface area (Å²) >= 11 is 11.8. The first kappa shape index (κ1) is 13.5. The number of rotatable bonds is 3. The van der Waals surface area contributed by atoms with Crippen LogP contribution in [-0.4, -0.2) is 12.2 Å². The normalized spacial score (nSPS) is 10.8. The lowest BCUT2D eigenvalue weighted by atomic mass is 10.2. The molecule has 5 nitrogen and oxygen atoms in total. The van der Waals surface area contributed by atoms with Gasteiger partial charge in [0.2, 0.25) is 0 Å². The van der Waals surface area contributed by atoms with E-state index in [2.05, 4.69) is 10.5 Å². The first-order valence-electron chi connectivity index (χ1n) is 5.20. The van der Waals surface area contributed by atoms with E-state index in [1.54, 1.807) is 30.3 Å². The van der Waals surface area contributed by atoms with Crippen LogP contribution in [0, 0.1) is 0 Å². The molecule has 1 heterocycles. The summed E-state index contributed by atoms with van der Waals surface area (Å²) in [5.41, 5.74) is 7.72. The van der Waals surface area contributed by atoms with Gasteiger partial charge in [-0.15, -0.1) is 0 Å². The van der Waals surface area contributed by atoms with Gasteiger partial charge in [0.25, 0.3) is 0 Å². The van der Waals surface area contributed by atoms with Crippen LogP contribution in [0.5, 0.6) is 0 Å². The third-order valence-electron chi connectivity index (χ3n) is 2.20. The van der Waals surface area contributed by atoms with Crippen molar-refractivity contribution >= 4 is 35.4 Å². The van der Waals surface area contributed by atoms with Crippen LogP contribution in [0.15, 0.2) is 39.9 Å². The molecule has 7 heteroatoms. The van der Waals surface area contributed by atoms with Crippen molar-refractivity contribution < 1.29 is 9.21 Å². The Kier molecular flexibility index (Phi) is 4.09. The monoisotopic (exact) mass is 297 g/mol. The minimum atomic E-state index is -0.743. The Labute approximate surface area is 119 Å². The maximum atomic E-state index is 10.4. The number of nitrogens with two attached hydrogens (primary N) is 1. The molecule has 0 fully saturated rings. The van der Waals surface area contributed by atoms with Gasteiger partial charge in [-0.3, -0.25) is 0 Å². The van der Waals surface area contributed by atoms with E-state index >= 15 is 0 Å². The van der Waals surface area contributed by atoms with Crippen LogP contribution in [-0.2, 0) is 0 Å². The van der Waals surface area contributed by atoms with Crippen molar-refractivity contribution in [3.63, 3.8) is 0 Å². The molecule has 0 saturated carbocycles. The summed E-state index contributed by atoms with van der Waals surface area (Å²) in [7, 11) is 0. The minimum Gasteiger partial charge on any atom is -0.455 e. The number of furan rings is 1. The number of carbonyl (C=O) groups is 1. The number of carbonyl (C=O) groups excluding carboxylic acids is 1. The minimum absolute atomic E-state index is 0.446. The van der Waals surface area contributed by atoms with Gasteiger partial charge >= 0.3 is 6.03 Å². The Morgan fingerprint density at radius 2 is 2.05 bits per heavy atom. The second-order valence-corrected chi connectivity index (χ2v) is 4.38. The number of benzene rings is 1. The van der Waals surface area contributed by atoms with Gasteiger partial charge in [-0.2, -0.15) is 5.10 Å². The van der Waals surface area contributed by atoms with Gasteiger partial charge in [0, 0.05) is 5.56 Å².